The zero-order valence-electron chi connectivity index (χ0n) is 20.5. The Labute approximate surface area is 217 Å². The van der Waals surface area contributed by atoms with Crippen molar-refractivity contribution in [1.29, 1.82) is 0 Å². The van der Waals surface area contributed by atoms with Crippen molar-refractivity contribution in [2.45, 2.75) is 0 Å². The molecule has 0 saturated heterocycles. The molecule has 3 heteroatoms. The molecule has 0 saturated carbocycles. The Morgan fingerprint density at radius 3 is 1.74 bits per heavy atom. The van der Waals surface area contributed by atoms with E-state index in [0.29, 0.717) is 0 Å². The second-order valence-corrected chi connectivity index (χ2v) is 10.1. The minimum absolute atomic E-state index is 0.958. The first-order valence-electron chi connectivity index (χ1n) is 13.0. The van der Waals surface area contributed by atoms with Crippen LogP contribution in [0, 0.1) is 0 Å². The number of hydrogen-bond donors (Lipinski definition) is 0. The Balaban J connectivity index is 1.43. The number of benzene rings is 6. The SMILES string of the molecule is c1ccc2c(c1)nc1cc3c(cn12)c1ccccc1n3-c1ccc2c3ccccc3c3ccccc3c2c1. The Kier molecular flexibility index (Phi) is 3.79. The fourth-order valence-electron chi connectivity index (χ4n) is 6.43. The summed E-state index contributed by atoms with van der Waals surface area (Å²) in [6, 6.07) is 43.7. The van der Waals surface area contributed by atoms with Crippen molar-refractivity contribution in [3.05, 3.63) is 128 Å². The molecule has 9 aromatic rings. The van der Waals surface area contributed by atoms with Gasteiger partial charge in [0, 0.05) is 28.7 Å². The van der Waals surface area contributed by atoms with Gasteiger partial charge in [0.25, 0.3) is 0 Å². The van der Waals surface area contributed by atoms with Crippen LogP contribution >= 0.6 is 0 Å². The van der Waals surface area contributed by atoms with Crippen LogP contribution in [-0.2, 0) is 0 Å². The first-order chi connectivity index (χ1) is 18.8. The van der Waals surface area contributed by atoms with Crippen LogP contribution in [0.15, 0.2) is 128 Å². The quantitative estimate of drug-likeness (QED) is 0.214. The van der Waals surface area contributed by atoms with Gasteiger partial charge in [-0.2, -0.15) is 0 Å². The number of para-hydroxylation sites is 3. The average molecular weight is 484 g/mol. The highest BCUT2D eigenvalue weighted by Crippen LogP contribution is 2.38. The Bertz CT molecular complexity index is 2370. The second-order valence-electron chi connectivity index (χ2n) is 10.1. The van der Waals surface area contributed by atoms with Gasteiger partial charge in [-0.3, -0.25) is 4.40 Å². The Morgan fingerprint density at radius 1 is 0.421 bits per heavy atom. The fourth-order valence-corrected chi connectivity index (χ4v) is 6.43. The summed E-state index contributed by atoms with van der Waals surface area (Å²) in [7, 11) is 0. The highest BCUT2D eigenvalue weighted by Gasteiger charge is 2.16. The molecule has 0 unspecified atom stereocenters. The molecule has 3 aromatic heterocycles. The normalized spacial score (nSPS) is 12.2. The van der Waals surface area contributed by atoms with Crippen molar-refractivity contribution in [3.63, 3.8) is 0 Å². The van der Waals surface area contributed by atoms with Crippen LogP contribution in [0.1, 0.15) is 0 Å². The molecule has 176 valence electrons. The maximum absolute atomic E-state index is 4.94. The van der Waals surface area contributed by atoms with E-state index < -0.39 is 0 Å². The predicted octanol–water partition coefficient (Wildman–Crippen LogP) is 9.04. The smallest absolute Gasteiger partial charge is 0.140 e. The van der Waals surface area contributed by atoms with Crippen molar-refractivity contribution in [2.24, 2.45) is 0 Å². The van der Waals surface area contributed by atoms with Gasteiger partial charge in [-0.15, -0.1) is 0 Å². The van der Waals surface area contributed by atoms with Crippen molar-refractivity contribution in [2.75, 3.05) is 0 Å². The van der Waals surface area contributed by atoms with E-state index >= 15 is 0 Å². The molecule has 3 nitrogen and oxygen atoms in total. The van der Waals surface area contributed by atoms with Crippen LogP contribution in [0.25, 0.3) is 76.5 Å². The van der Waals surface area contributed by atoms with E-state index in [1.165, 1.54) is 54.1 Å². The van der Waals surface area contributed by atoms with E-state index in [-0.39, 0.29) is 0 Å². The van der Waals surface area contributed by atoms with E-state index in [1.807, 2.05) is 6.07 Å². The fraction of sp³-hybridized carbons (Fsp3) is 0. The summed E-state index contributed by atoms with van der Waals surface area (Å²) < 4.78 is 4.61. The summed E-state index contributed by atoms with van der Waals surface area (Å²) in [6.45, 7) is 0. The highest BCUT2D eigenvalue weighted by atomic mass is 15.0. The highest BCUT2D eigenvalue weighted by molar-refractivity contribution is 6.25. The molecule has 38 heavy (non-hydrogen) atoms. The molecule has 0 aliphatic heterocycles. The van der Waals surface area contributed by atoms with Crippen molar-refractivity contribution >= 4 is 70.8 Å². The van der Waals surface area contributed by atoms with E-state index in [0.717, 1.165) is 22.4 Å². The molecule has 0 radical (unpaired) electrons. The van der Waals surface area contributed by atoms with Crippen molar-refractivity contribution in [1.82, 2.24) is 14.0 Å². The van der Waals surface area contributed by atoms with Crippen molar-refractivity contribution < 1.29 is 0 Å². The van der Waals surface area contributed by atoms with Crippen LogP contribution in [0.4, 0.5) is 0 Å². The van der Waals surface area contributed by atoms with Gasteiger partial charge in [0.1, 0.15) is 5.65 Å². The van der Waals surface area contributed by atoms with Gasteiger partial charge in [-0.1, -0.05) is 84.9 Å². The van der Waals surface area contributed by atoms with E-state index in [9.17, 15) is 0 Å². The number of rotatable bonds is 1. The topological polar surface area (TPSA) is 22.2 Å². The van der Waals surface area contributed by atoms with E-state index in [2.05, 4.69) is 130 Å². The van der Waals surface area contributed by atoms with Gasteiger partial charge in [0.2, 0.25) is 0 Å². The Hall–Kier alpha value is -5.15. The third-order valence-corrected chi connectivity index (χ3v) is 8.09. The number of pyridine rings is 1. The molecule has 0 N–H and O–H groups in total. The number of fused-ring (bicyclic) bond motifs is 12. The summed E-state index contributed by atoms with van der Waals surface area (Å²) in [6.07, 6.45) is 2.25. The molecule has 9 rings (SSSR count). The summed E-state index contributed by atoms with van der Waals surface area (Å²) >= 11 is 0. The van der Waals surface area contributed by atoms with Gasteiger partial charge in [-0.05, 0) is 62.6 Å². The zero-order chi connectivity index (χ0) is 24.8. The third-order valence-electron chi connectivity index (χ3n) is 8.09. The summed E-state index contributed by atoms with van der Waals surface area (Å²) in [5, 5.41) is 10.2. The lowest BCUT2D eigenvalue weighted by Crippen LogP contribution is -1.95. The third kappa shape index (κ3) is 2.55. The molecule has 0 bridgehead atoms. The first-order valence-corrected chi connectivity index (χ1v) is 13.0. The average Bonchev–Trinajstić information content (AvgIpc) is 3.51. The lowest BCUT2D eigenvalue weighted by Gasteiger charge is -2.13. The second kappa shape index (κ2) is 7.21. The number of aromatic nitrogens is 3. The van der Waals surface area contributed by atoms with E-state index in [4.69, 9.17) is 4.98 Å². The number of hydrogen-bond acceptors (Lipinski definition) is 1. The van der Waals surface area contributed by atoms with E-state index in [1.54, 1.807) is 0 Å². The van der Waals surface area contributed by atoms with Crippen LogP contribution in [0.3, 0.4) is 0 Å². The molecule has 3 heterocycles. The molecular formula is C35H21N3. The van der Waals surface area contributed by atoms with Crippen LogP contribution < -0.4 is 0 Å². The predicted molar refractivity (Wildman–Crippen MR) is 160 cm³/mol. The lowest BCUT2D eigenvalue weighted by atomic mass is 9.94. The maximum atomic E-state index is 4.94. The molecule has 6 aromatic carbocycles. The molecule has 0 aliphatic carbocycles. The van der Waals surface area contributed by atoms with Gasteiger partial charge >= 0.3 is 0 Å². The summed E-state index contributed by atoms with van der Waals surface area (Å²) in [5.41, 5.74) is 6.62. The number of nitrogens with zero attached hydrogens (tertiary/aromatic N) is 3. The molecule has 0 amide bonds. The molecule has 0 atom stereocenters. The van der Waals surface area contributed by atoms with Crippen LogP contribution in [0.5, 0.6) is 0 Å². The first kappa shape index (κ1) is 20.0. The van der Waals surface area contributed by atoms with Gasteiger partial charge in [0.05, 0.1) is 22.1 Å². The van der Waals surface area contributed by atoms with Gasteiger partial charge in [0.15, 0.2) is 0 Å². The lowest BCUT2D eigenvalue weighted by molar-refractivity contribution is 1.17. The maximum Gasteiger partial charge on any atom is 0.140 e. The zero-order valence-corrected chi connectivity index (χ0v) is 20.5. The van der Waals surface area contributed by atoms with Gasteiger partial charge in [-0.25, -0.2) is 4.98 Å². The Morgan fingerprint density at radius 2 is 1.00 bits per heavy atom. The monoisotopic (exact) mass is 483 g/mol. The van der Waals surface area contributed by atoms with Gasteiger partial charge < -0.3 is 4.57 Å². The summed E-state index contributed by atoms with van der Waals surface area (Å²) in [4.78, 5) is 4.94. The standard InChI is InChI=1S/C35H21N3/c1-2-11-25-23(9-1)24-10-3-4-12-26(24)29-19-22(17-18-27(25)29)38-32-15-7-5-13-28(32)30-21-37-33-16-8-6-14-31(33)36-35(37)20-34(30)38/h1-21H. The molecule has 0 spiro atoms. The largest absolute Gasteiger partial charge is 0.309 e. The number of imidazole rings is 1. The molecule has 0 aliphatic rings. The molecular weight excluding hydrogens is 462 g/mol. The van der Waals surface area contributed by atoms with Crippen LogP contribution in [0.2, 0.25) is 0 Å². The van der Waals surface area contributed by atoms with Crippen LogP contribution in [-0.4, -0.2) is 14.0 Å². The molecule has 0 fully saturated rings. The summed E-state index contributed by atoms with van der Waals surface area (Å²) in [5.74, 6) is 0. The minimum Gasteiger partial charge on any atom is -0.309 e. The van der Waals surface area contributed by atoms with Crippen molar-refractivity contribution in [3.8, 4) is 5.69 Å². The minimum atomic E-state index is 0.958.